The van der Waals surface area contributed by atoms with Gasteiger partial charge in [0.1, 0.15) is 0 Å². The van der Waals surface area contributed by atoms with Crippen LogP contribution < -0.4 is 15.4 Å². The third-order valence-electron chi connectivity index (χ3n) is 9.38. The maximum atomic E-state index is 12.7. The lowest BCUT2D eigenvalue weighted by molar-refractivity contribution is 0.104. The number of nitrogens with one attached hydrogen (secondary N) is 1. The highest BCUT2D eigenvalue weighted by molar-refractivity contribution is 6.74. The highest BCUT2D eigenvalue weighted by Crippen LogP contribution is 2.47. The molecule has 3 heterocycles. The Morgan fingerprint density at radius 3 is 2.59 bits per heavy atom. The molecule has 1 unspecified atom stereocenters. The zero-order chi connectivity index (χ0) is 26.4. The average Bonchev–Trinajstić information content (AvgIpc) is 3.15. The van der Waals surface area contributed by atoms with E-state index in [2.05, 4.69) is 72.9 Å². The van der Waals surface area contributed by atoms with Crippen molar-refractivity contribution < 1.29 is 9.53 Å². The van der Waals surface area contributed by atoms with Crippen molar-refractivity contribution in [2.75, 3.05) is 42.6 Å². The summed E-state index contributed by atoms with van der Waals surface area (Å²) in [5.41, 5.74) is 4.62. The largest absolute Gasteiger partial charge is 0.414 e. The molecule has 0 bridgehead atoms. The number of piperidine rings is 1. The Morgan fingerprint density at radius 2 is 1.86 bits per heavy atom. The minimum atomic E-state index is -1.90. The first kappa shape index (κ1) is 26.4. The van der Waals surface area contributed by atoms with Gasteiger partial charge < -0.3 is 19.3 Å². The van der Waals surface area contributed by atoms with Crippen molar-refractivity contribution in [3.05, 3.63) is 51.4 Å². The first-order chi connectivity index (χ1) is 17.5. The molecule has 7 nitrogen and oxygen atoms in total. The highest BCUT2D eigenvalue weighted by atomic mass is 28.4. The van der Waals surface area contributed by atoms with E-state index in [1.807, 2.05) is 0 Å². The minimum absolute atomic E-state index is 0.0475. The van der Waals surface area contributed by atoms with E-state index in [0.29, 0.717) is 13.2 Å². The Hall–Kier alpha value is -2.16. The van der Waals surface area contributed by atoms with Crippen molar-refractivity contribution in [3.8, 4) is 0 Å². The van der Waals surface area contributed by atoms with Crippen molar-refractivity contribution in [1.82, 2.24) is 9.97 Å². The number of para-hydroxylation sites is 1. The van der Waals surface area contributed by atoms with Crippen molar-refractivity contribution in [3.63, 3.8) is 0 Å². The molecule has 1 aromatic carbocycles. The third-order valence-corrected chi connectivity index (χ3v) is 13.9. The molecule has 5 rings (SSSR count). The number of rotatable bonds is 6. The van der Waals surface area contributed by atoms with Gasteiger partial charge in [0.05, 0.1) is 18.4 Å². The first-order valence-electron chi connectivity index (χ1n) is 14.0. The van der Waals surface area contributed by atoms with E-state index in [1.165, 1.54) is 11.3 Å². The van der Waals surface area contributed by atoms with Crippen molar-refractivity contribution >= 4 is 20.0 Å². The zero-order valence-corrected chi connectivity index (χ0v) is 24.3. The Balaban J connectivity index is 1.27. The molecule has 1 spiro atoms. The van der Waals surface area contributed by atoms with E-state index in [4.69, 9.17) is 9.41 Å². The normalized spacial score (nSPS) is 20.2. The van der Waals surface area contributed by atoms with Crippen LogP contribution in [0.2, 0.25) is 18.1 Å². The lowest BCUT2D eigenvalue weighted by Gasteiger charge is -2.40. The topological polar surface area (TPSA) is 81.7 Å². The van der Waals surface area contributed by atoms with Crippen molar-refractivity contribution in [2.45, 2.75) is 88.9 Å². The molecular formula is C29H44N4O3Si. The standard InChI is InChI=1S/C29H44N4O3Si/c1-28(2,3)37(4,5)36-19-21(34)18-33-20-29(23-11-7-9-13-25(23)33)14-16-32(17-15-29)27-30-24-12-8-6-10-22(24)26(35)31-27/h7,9,11,13,21,34H,6,8,10,12,14-20H2,1-5H3,(H,30,31,35). The summed E-state index contributed by atoms with van der Waals surface area (Å²) in [5.74, 6) is 0.738. The Labute approximate surface area is 222 Å². The van der Waals surface area contributed by atoms with Gasteiger partial charge in [-0.25, -0.2) is 4.98 Å². The van der Waals surface area contributed by atoms with Crippen LogP contribution in [0.25, 0.3) is 0 Å². The third kappa shape index (κ3) is 5.12. The van der Waals surface area contributed by atoms with Gasteiger partial charge >= 0.3 is 0 Å². The van der Waals surface area contributed by atoms with Gasteiger partial charge in [-0.15, -0.1) is 0 Å². The monoisotopic (exact) mass is 524 g/mol. The summed E-state index contributed by atoms with van der Waals surface area (Å²) in [6.07, 6.45) is 5.42. The molecule has 2 N–H and O–H groups in total. The number of aliphatic hydroxyl groups excluding tert-OH is 1. The number of hydrogen-bond donors (Lipinski definition) is 2. The number of aryl methyl sites for hydroxylation is 1. The lowest BCUT2D eigenvalue weighted by Crippen LogP contribution is -2.48. The van der Waals surface area contributed by atoms with E-state index in [1.54, 1.807) is 0 Å². The summed E-state index contributed by atoms with van der Waals surface area (Å²) >= 11 is 0. The number of anilines is 2. The Morgan fingerprint density at radius 1 is 1.16 bits per heavy atom. The number of aromatic amines is 1. The van der Waals surface area contributed by atoms with Gasteiger partial charge in [-0.05, 0) is 68.3 Å². The van der Waals surface area contributed by atoms with E-state index >= 15 is 0 Å². The van der Waals surface area contributed by atoms with Crippen LogP contribution in [0.15, 0.2) is 29.1 Å². The lowest BCUT2D eigenvalue weighted by atomic mass is 9.74. The molecule has 1 saturated heterocycles. The van der Waals surface area contributed by atoms with Gasteiger partial charge in [0, 0.05) is 42.8 Å². The number of H-pyrrole nitrogens is 1. The molecule has 0 radical (unpaired) electrons. The van der Waals surface area contributed by atoms with Crippen LogP contribution in [-0.4, -0.2) is 62.3 Å². The number of benzene rings is 1. The first-order valence-corrected chi connectivity index (χ1v) is 16.9. The molecular weight excluding hydrogens is 480 g/mol. The fourth-order valence-corrected chi connectivity index (χ4v) is 7.08. The molecule has 1 aromatic heterocycles. The van der Waals surface area contributed by atoms with Crippen molar-refractivity contribution in [1.29, 1.82) is 0 Å². The molecule has 202 valence electrons. The molecule has 0 saturated carbocycles. The number of nitrogens with zero attached hydrogens (tertiary/aromatic N) is 3. The van der Waals surface area contributed by atoms with Crippen LogP contribution in [-0.2, 0) is 22.7 Å². The molecule has 0 amide bonds. The van der Waals surface area contributed by atoms with Crippen LogP contribution in [0.4, 0.5) is 11.6 Å². The van der Waals surface area contributed by atoms with E-state index < -0.39 is 14.4 Å². The number of aromatic nitrogens is 2. The van der Waals surface area contributed by atoms with Crippen LogP contribution in [0.1, 0.15) is 63.3 Å². The number of hydrogen-bond acceptors (Lipinski definition) is 6. The summed E-state index contributed by atoms with van der Waals surface area (Å²) in [5, 5.41) is 11.1. The summed E-state index contributed by atoms with van der Waals surface area (Å²) in [4.78, 5) is 25.3. The fourth-order valence-electron chi connectivity index (χ4n) is 6.04. The molecule has 1 fully saturated rings. The average molecular weight is 525 g/mol. The van der Waals surface area contributed by atoms with Crippen LogP contribution in [0.5, 0.6) is 0 Å². The smallest absolute Gasteiger partial charge is 0.255 e. The second kappa shape index (κ2) is 9.86. The summed E-state index contributed by atoms with van der Waals surface area (Å²) in [6, 6.07) is 8.69. The highest BCUT2D eigenvalue weighted by Gasteiger charge is 2.45. The van der Waals surface area contributed by atoms with E-state index in [9.17, 15) is 9.90 Å². The van der Waals surface area contributed by atoms with Crippen molar-refractivity contribution in [2.24, 2.45) is 0 Å². The molecule has 3 aliphatic rings. The van der Waals surface area contributed by atoms with Gasteiger partial charge in [0.15, 0.2) is 8.32 Å². The summed E-state index contributed by atoms with van der Waals surface area (Å²) in [7, 11) is -1.90. The number of β-amino-alcohol motifs (C(OH)–C–C–N with tert-alkyl or cyclic N) is 1. The summed E-state index contributed by atoms with van der Waals surface area (Å²) in [6.45, 7) is 14.8. The Kier molecular flexibility index (Phi) is 7.05. The van der Waals surface area contributed by atoms with Gasteiger partial charge in [0.25, 0.3) is 5.56 Å². The predicted octanol–water partition coefficient (Wildman–Crippen LogP) is 4.39. The van der Waals surface area contributed by atoms with Crippen LogP contribution in [0, 0.1) is 0 Å². The van der Waals surface area contributed by atoms with Gasteiger partial charge in [-0.3, -0.25) is 9.78 Å². The predicted molar refractivity (Wildman–Crippen MR) is 152 cm³/mol. The van der Waals surface area contributed by atoms with Crippen LogP contribution in [0.3, 0.4) is 0 Å². The molecule has 2 aliphatic heterocycles. The summed E-state index contributed by atoms with van der Waals surface area (Å²) < 4.78 is 6.32. The SMILES string of the molecule is CC(C)(C)[Si](C)(C)OCC(O)CN1CC2(CCN(c3nc4c(c(=O)[nH]3)CCCC4)CC2)c2ccccc21. The maximum absolute atomic E-state index is 12.7. The molecule has 37 heavy (non-hydrogen) atoms. The second-order valence-corrected chi connectivity index (χ2v) is 17.7. The quantitative estimate of drug-likeness (QED) is 0.546. The number of fused-ring (bicyclic) bond motifs is 3. The zero-order valence-electron chi connectivity index (χ0n) is 23.3. The maximum Gasteiger partial charge on any atom is 0.255 e. The minimum Gasteiger partial charge on any atom is -0.414 e. The fraction of sp³-hybridized carbons (Fsp3) is 0.655. The second-order valence-electron chi connectivity index (χ2n) is 12.9. The van der Waals surface area contributed by atoms with Crippen LogP contribution >= 0.6 is 0 Å². The Bertz CT molecular complexity index is 1180. The molecule has 2 aromatic rings. The molecule has 8 heteroatoms. The van der Waals surface area contributed by atoms with E-state index in [0.717, 1.165) is 75.4 Å². The number of aliphatic hydroxyl groups is 1. The van der Waals surface area contributed by atoms with Gasteiger partial charge in [-0.2, -0.15) is 0 Å². The van der Waals surface area contributed by atoms with Gasteiger partial charge in [-0.1, -0.05) is 39.0 Å². The van der Waals surface area contributed by atoms with E-state index in [-0.39, 0.29) is 16.0 Å². The molecule has 1 aliphatic carbocycles. The van der Waals surface area contributed by atoms with Gasteiger partial charge in [0.2, 0.25) is 5.95 Å². The molecule has 1 atom stereocenters.